The molecule has 2 aromatic rings. The van der Waals surface area contributed by atoms with Crippen LogP contribution in [-0.4, -0.2) is 33.4 Å². The molecule has 0 aliphatic heterocycles. The quantitative estimate of drug-likeness (QED) is 0.715. The van der Waals surface area contributed by atoms with Crippen molar-refractivity contribution in [3.8, 4) is 17.2 Å². The highest BCUT2D eigenvalue weighted by Crippen LogP contribution is 2.29. The summed E-state index contributed by atoms with van der Waals surface area (Å²) in [6.07, 6.45) is 0. The van der Waals surface area contributed by atoms with Crippen molar-refractivity contribution in [3.63, 3.8) is 0 Å². The zero-order valence-corrected chi connectivity index (χ0v) is 16.6. The van der Waals surface area contributed by atoms with E-state index < -0.39 is 0 Å². The third-order valence-corrected chi connectivity index (χ3v) is 4.02. The van der Waals surface area contributed by atoms with Crippen molar-refractivity contribution in [2.45, 2.75) is 26.2 Å². The van der Waals surface area contributed by atoms with E-state index in [9.17, 15) is 4.79 Å². The molecule has 6 nitrogen and oxygen atoms in total. The highest BCUT2D eigenvalue weighted by atomic mass is 16.5. The lowest BCUT2D eigenvalue weighted by Gasteiger charge is -2.19. The molecular weight excluding hydrogens is 344 g/mol. The van der Waals surface area contributed by atoms with Gasteiger partial charge in [-0.2, -0.15) is 0 Å². The van der Waals surface area contributed by atoms with Crippen molar-refractivity contribution < 1.29 is 19.0 Å². The van der Waals surface area contributed by atoms with Crippen LogP contribution in [0.5, 0.6) is 17.2 Å². The average Bonchev–Trinajstić information content (AvgIpc) is 2.64. The second kappa shape index (κ2) is 9.16. The van der Waals surface area contributed by atoms with E-state index in [0.29, 0.717) is 30.3 Å². The number of rotatable bonds is 7. The van der Waals surface area contributed by atoms with E-state index >= 15 is 0 Å². The van der Waals surface area contributed by atoms with Gasteiger partial charge in [0.25, 0.3) is 0 Å². The van der Waals surface area contributed by atoms with E-state index in [0.717, 1.165) is 5.75 Å². The lowest BCUT2D eigenvalue weighted by atomic mass is 9.87. The first-order valence-electron chi connectivity index (χ1n) is 8.83. The summed E-state index contributed by atoms with van der Waals surface area (Å²) in [5.74, 6) is 1.94. The van der Waals surface area contributed by atoms with Crippen LogP contribution in [0.15, 0.2) is 42.5 Å². The maximum Gasteiger partial charge on any atom is 0.319 e. The summed E-state index contributed by atoms with van der Waals surface area (Å²) < 4.78 is 16.1. The predicted molar refractivity (Wildman–Crippen MR) is 107 cm³/mol. The van der Waals surface area contributed by atoms with Gasteiger partial charge in [-0.3, -0.25) is 0 Å². The lowest BCUT2D eigenvalue weighted by Crippen LogP contribution is -2.32. The molecule has 0 heterocycles. The van der Waals surface area contributed by atoms with Crippen LogP contribution < -0.4 is 24.8 Å². The van der Waals surface area contributed by atoms with Gasteiger partial charge in [0.05, 0.1) is 20.8 Å². The molecule has 27 heavy (non-hydrogen) atoms. The first-order valence-corrected chi connectivity index (χ1v) is 8.83. The first kappa shape index (κ1) is 20.4. The van der Waals surface area contributed by atoms with Crippen molar-refractivity contribution in [2.75, 3.05) is 32.7 Å². The zero-order chi connectivity index (χ0) is 19.9. The Balaban J connectivity index is 1.76. The molecule has 0 fully saturated rings. The van der Waals surface area contributed by atoms with Gasteiger partial charge in [0.15, 0.2) is 11.5 Å². The molecule has 0 radical (unpaired) electrons. The third kappa shape index (κ3) is 6.09. The van der Waals surface area contributed by atoms with E-state index in [-0.39, 0.29) is 11.4 Å². The minimum atomic E-state index is -0.311. The molecule has 6 heteroatoms. The molecule has 0 spiro atoms. The molecule has 0 saturated heterocycles. The Morgan fingerprint density at radius 3 is 2.22 bits per heavy atom. The van der Waals surface area contributed by atoms with Gasteiger partial charge in [-0.15, -0.1) is 0 Å². The summed E-state index contributed by atoms with van der Waals surface area (Å²) in [4.78, 5) is 12.0. The second-order valence-corrected chi connectivity index (χ2v) is 7.07. The number of benzene rings is 2. The predicted octanol–water partition coefficient (Wildman–Crippen LogP) is 4.20. The van der Waals surface area contributed by atoms with Gasteiger partial charge < -0.3 is 24.8 Å². The Morgan fingerprint density at radius 1 is 0.963 bits per heavy atom. The van der Waals surface area contributed by atoms with Crippen LogP contribution in [0, 0.1) is 0 Å². The second-order valence-electron chi connectivity index (χ2n) is 7.07. The fraction of sp³-hybridized carbons (Fsp3) is 0.381. The highest BCUT2D eigenvalue weighted by Gasteiger charge is 2.13. The summed E-state index contributed by atoms with van der Waals surface area (Å²) >= 11 is 0. The number of amides is 2. The molecule has 0 aromatic heterocycles. The SMILES string of the molecule is COc1ccc(NC(=O)NCCOc2ccc(C(C)(C)C)cc2)cc1OC. The van der Waals surface area contributed by atoms with Crippen LogP contribution in [0.4, 0.5) is 10.5 Å². The monoisotopic (exact) mass is 372 g/mol. The number of methoxy groups -OCH3 is 2. The third-order valence-electron chi connectivity index (χ3n) is 4.02. The van der Waals surface area contributed by atoms with E-state index in [1.54, 1.807) is 32.4 Å². The number of hydrogen-bond donors (Lipinski definition) is 2. The Labute approximate surface area is 160 Å². The van der Waals surface area contributed by atoms with Gasteiger partial charge in [0, 0.05) is 11.8 Å². The molecule has 2 aromatic carbocycles. The van der Waals surface area contributed by atoms with Crippen LogP contribution in [0.1, 0.15) is 26.3 Å². The van der Waals surface area contributed by atoms with Gasteiger partial charge in [-0.1, -0.05) is 32.9 Å². The van der Waals surface area contributed by atoms with Crippen molar-refractivity contribution in [2.24, 2.45) is 0 Å². The van der Waals surface area contributed by atoms with E-state index in [1.165, 1.54) is 5.56 Å². The van der Waals surface area contributed by atoms with Crippen LogP contribution in [0.25, 0.3) is 0 Å². The number of nitrogens with one attached hydrogen (secondary N) is 2. The van der Waals surface area contributed by atoms with Crippen molar-refractivity contribution in [1.29, 1.82) is 0 Å². The molecule has 0 bridgehead atoms. The smallest absolute Gasteiger partial charge is 0.319 e. The molecule has 2 rings (SSSR count). The molecule has 0 aliphatic rings. The summed E-state index contributed by atoms with van der Waals surface area (Å²) in [6, 6.07) is 12.9. The molecule has 2 N–H and O–H groups in total. The van der Waals surface area contributed by atoms with Crippen LogP contribution in [0.3, 0.4) is 0 Å². The van der Waals surface area contributed by atoms with Crippen LogP contribution in [-0.2, 0) is 5.41 Å². The summed E-state index contributed by atoms with van der Waals surface area (Å²) in [7, 11) is 3.11. The number of hydrogen-bond acceptors (Lipinski definition) is 4. The molecule has 146 valence electrons. The van der Waals surface area contributed by atoms with Crippen LogP contribution >= 0.6 is 0 Å². The minimum absolute atomic E-state index is 0.113. The lowest BCUT2D eigenvalue weighted by molar-refractivity contribution is 0.247. The Bertz CT molecular complexity index is 752. The number of carbonyl (C=O) groups is 1. The van der Waals surface area contributed by atoms with Gasteiger partial charge >= 0.3 is 6.03 Å². The van der Waals surface area contributed by atoms with E-state index in [4.69, 9.17) is 14.2 Å². The maximum absolute atomic E-state index is 12.0. The average molecular weight is 372 g/mol. The first-order chi connectivity index (χ1) is 12.8. The Morgan fingerprint density at radius 2 is 1.63 bits per heavy atom. The van der Waals surface area contributed by atoms with Gasteiger partial charge in [0.1, 0.15) is 12.4 Å². The summed E-state index contributed by atoms with van der Waals surface area (Å²) in [6.45, 7) is 7.28. The van der Waals surface area contributed by atoms with E-state index in [2.05, 4.69) is 43.5 Å². The van der Waals surface area contributed by atoms with Gasteiger partial charge in [-0.05, 0) is 35.2 Å². The summed E-state index contributed by atoms with van der Waals surface area (Å²) in [5, 5.41) is 5.51. The fourth-order valence-electron chi connectivity index (χ4n) is 2.47. The topological polar surface area (TPSA) is 68.8 Å². The number of ether oxygens (including phenoxy) is 3. The number of carbonyl (C=O) groups excluding carboxylic acids is 1. The van der Waals surface area contributed by atoms with Crippen molar-refractivity contribution in [3.05, 3.63) is 48.0 Å². The zero-order valence-electron chi connectivity index (χ0n) is 16.6. The maximum atomic E-state index is 12.0. The molecule has 2 amide bonds. The molecule has 0 unspecified atom stereocenters. The normalized spacial score (nSPS) is 10.9. The van der Waals surface area contributed by atoms with Crippen molar-refractivity contribution >= 4 is 11.7 Å². The number of anilines is 1. The van der Waals surface area contributed by atoms with Gasteiger partial charge in [-0.25, -0.2) is 4.79 Å². The summed E-state index contributed by atoms with van der Waals surface area (Å²) in [5.41, 5.74) is 1.98. The largest absolute Gasteiger partial charge is 0.493 e. The minimum Gasteiger partial charge on any atom is -0.493 e. The number of urea groups is 1. The van der Waals surface area contributed by atoms with Crippen LogP contribution in [0.2, 0.25) is 0 Å². The van der Waals surface area contributed by atoms with Gasteiger partial charge in [0.2, 0.25) is 0 Å². The Hall–Kier alpha value is -2.89. The van der Waals surface area contributed by atoms with Crippen molar-refractivity contribution in [1.82, 2.24) is 5.32 Å². The standard InChI is InChI=1S/C21H28N2O4/c1-21(2,3)15-6-9-17(10-7-15)27-13-12-22-20(24)23-16-8-11-18(25-4)19(14-16)26-5/h6-11,14H,12-13H2,1-5H3,(H2,22,23,24). The molecular formula is C21H28N2O4. The van der Waals surface area contributed by atoms with E-state index in [1.807, 2.05) is 12.1 Å². The molecule has 0 aliphatic carbocycles. The molecule has 0 saturated carbocycles. The molecule has 0 atom stereocenters. The highest BCUT2D eigenvalue weighted by molar-refractivity contribution is 5.89. The fourth-order valence-corrected chi connectivity index (χ4v) is 2.47. The Kier molecular flexibility index (Phi) is 6.93.